The molecule has 1 aromatic rings. The number of hydrogen-bond donors (Lipinski definition) is 1. The predicted octanol–water partition coefficient (Wildman–Crippen LogP) is -0.771. The highest BCUT2D eigenvalue weighted by molar-refractivity contribution is 7.88. The van der Waals surface area contributed by atoms with Crippen molar-refractivity contribution < 1.29 is 13.2 Å². The molecule has 2 rings (SSSR count). The van der Waals surface area contributed by atoms with Gasteiger partial charge in [0.2, 0.25) is 15.9 Å². The molecule has 1 aliphatic rings. The van der Waals surface area contributed by atoms with E-state index in [0.29, 0.717) is 25.5 Å². The summed E-state index contributed by atoms with van der Waals surface area (Å²) < 4.78 is 25.0. The molecule has 2 heterocycles. The number of carbonyl (C=O) groups excluding carboxylic acids is 1. The first kappa shape index (κ1) is 16.6. The van der Waals surface area contributed by atoms with Crippen molar-refractivity contribution in [2.75, 3.05) is 44.4 Å². The Morgan fingerprint density at radius 3 is 2.64 bits per heavy atom. The molecule has 9 heteroatoms. The van der Waals surface area contributed by atoms with Crippen LogP contribution in [0.5, 0.6) is 0 Å². The van der Waals surface area contributed by atoms with Gasteiger partial charge in [0.15, 0.2) is 0 Å². The fraction of sp³-hybridized carbons (Fsp3) is 0.615. The van der Waals surface area contributed by atoms with Gasteiger partial charge in [-0.25, -0.2) is 18.4 Å². The molecule has 1 aromatic heterocycles. The minimum Gasteiger partial charge on any atom is -0.359 e. The number of amides is 1. The molecule has 22 heavy (non-hydrogen) atoms. The summed E-state index contributed by atoms with van der Waals surface area (Å²) in [5.74, 6) is 0.0839. The average Bonchev–Trinajstić information content (AvgIpc) is 2.69. The van der Waals surface area contributed by atoms with Crippen molar-refractivity contribution in [2.45, 2.75) is 6.92 Å². The number of hydrogen-bond acceptors (Lipinski definition) is 6. The lowest BCUT2D eigenvalue weighted by Gasteiger charge is -2.24. The van der Waals surface area contributed by atoms with E-state index in [2.05, 4.69) is 15.3 Å². The molecule has 1 aliphatic heterocycles. The van der Waals surface area contributed by atoms with E-state index in [4.69, 9.17) is 0 Å². The molecule has 0 saturated carbocycles. The van der Waals surface area contributed by atoms with Gasteiger partial charge in [0, 0.05) is 45.0 Å². The Hall–Kier alpha value is -1.74. The Morgan fingerprint density at radius 2 is 2.05 bits per heavy atom. The highest BCUT2D eigenvalue weighted by Crippen LogP contribution is 2.18. The topological polar surface area (TPSA) is 95.5 Å². The van der Waals surface area contributed by atoms with E-state index in [9.17, 15) is 13.2 Å². The number of nitrogens with one attached hydrogen (secondary N) is 1. The number of aromatic nitrogens is 2. The molecule has 1 N–H and O–H groups in total. The highest BCUT2D eigenvalue weighted by Gasteiger charge is 2.31. The van der Waals surface area contributed by atoms with Crippen LogP contribution in [0.2, 0.25) is 0 Å². The van der Waals surface area contributed by atoms with Crippen LogP contribution in [0.1, 0.15) is 5.69 Å². The van der Waals surface area contributed by atoms with E-state index in [0.717, 1.165) is 5.69 Å². The molecule has 122 valence electrons. The molecule has 1 atom stereocenters. The van der Waals surface area contributed by atoms with Crippen LogP contribution >= 0.6 is 0 Å². The Balaban J connectivity index is 2.29. The van der Waals surface area contributed by atoms with Crippen LogP contribution < -0.4 is 10.2 Å². The third-order valence-electron chi connectivity index (χ3n) is 3.68. The summed E-state index contributed by atoms with van der Waals surface area (Å²) in [6.45, 7) is 3.27. The SMILES string of the molecule is CNC(=O)[C@@H]1CN(c2cc(C)ncn2)CCN(S(C)(=O)=O)C1. The summed E-state index contributed by atoms with van der Waals surface area (Å²) in [6.07, 6.45) is 2.64. The molecule has 8 nitrogen and oxygen atoms in total. The van der Waals surface area contributed by atoms with E-state index in [1.54, 1.807) is 7.05 Å². The smallest absolute Gasteiger partial charge is 0.225 e. The number of carbonyl (C=O) groups is 1. The van der Waals surface area contributed by atoms with Gasteiger partial charge in [0.05, 0.1) is 12.2 Å². The van der Waals surface area contributed by atoms with Crippen molar-refractivity contribution in [1.82, 2.24) is 19.6 Å². The quantitative estimate of drug-likeness (QED) is 0.783. The van der Waals surface area contributed by atoms with Gasteiger partial charge in [-0.2, -0.15) is 4.31 Å². The van der Waals surface area contributed by atoms with Crippen LogP contribution in [-0.4, -0.2) is 68.1 Å². The lowest BCUT2D eigenvalue weighted by atomic mass is 10.1. The zero-order valence-electron chi connectivity index (χ0n) is 13.0. The number of sulfonamides is 1. The van der Waals surface area contributed by atoms with Crippen molar-refractivity contribution in [2.24, 2.45) is 5.92 Å². The van der Waals surface area contributed by atoms with Crippen molar-refractivity contribution in [3.05, 3.63) is 18.1 Å². The van der Waals surface area contributed by atoms with Crippen molar-refractivity contribution >= 4 is 21.7 Å². The second-order valence-corrected chi connectivity index (χ2v) is 7.38. The molecule has 0 spiro atoms. The lowest BCUT2D eigenvalue weighted by Crippen LogP contribution is -2.41. The summed E-state index contributed by atoms with van der Waals surface area (Å²) >= 11 is 0. The van der Waals surface area contributed by atoms with Crippen LogP contribution in [0.25, 0.3) is 0 Å². The molecule has 0 radical (unpaired) electrons. The first-order valence-corrected chi connectivity index (χ1v) is 8.86. The molecule has 1 saturated heterocycles. The highest BCUT2D eigenvalue weighted by atomic mass is 32.2. The molecule has 0 aliphatic carbocycles. The monoisotopic (exact) mass is 327 g/mol. The number of anilines is 1. The second-order valence-electron chi connectivity index (χ2n) is 5.40. The van der Waals surface area contributed by atoms with Gasteiger partial charge in [0.25, 0.3) is 0 Å². The van der Waals surface area contributed by atoms with E-state index < -0.39 is 15.9 Å². The normalized spacial score (nSPS) is 20.5. The van der Waals surface area contributed by atoms with Crippen LogP contribution in [0, 0.1) is 12.8 Å². The fourth-order valence-corrected chi connectivity index (χ4v) is 3.34. The Labute approximate surface area is 130 Å². The molecular formula is C13H21N5O3S. The zero-order chi connectivity index (χ0) is 16.3. The standard InChI is InChI=1S/C13H21N5O3S/c1-10-6-12(16-9-15-10)17-4-5-18(22(3,20)21)8-11(7-17)13(19)14-2/h6,9,11H,4-5,7-8H2,1-3H3,(H,14,19)/t11-/m1/s1. The van der Waals surface area contributed by atoms with E-state index >= 15 is 0 Å². The number of rotatable bonds is 3. The minimum absolute atomic E-state index is 0.175. The minimum atomic E-state index is -3.34. The van der Waals surface area contributed by atoms with Gasteiger partial charge < -0.3 is 10.2 Å². The summed E-state index contributed by atoms with van der Waals surface area (Å²) in [6, 6.07) is 1.83. The predicted molar refractivity (Wildman–Crippen MR) is 83.0 cm³/mol. The maximum Gasteiger partial charge on any atom is 0.225 e. The van der Waals surface area contributed by atoms with Gasteiger partial charge in [0.1, 0.15) is 12.1 Å². The van der Waals surface area contributed by atoms with E-state index in [1.807, 2.05) is 17.9 Å². The molecule has 0 unspecified atom stereocenters. The van der Waals surface area contributed by atoms with Gasteiger partial charge >= 0.3 is 0 Å². The average molecular weight is 327 g/mol. The second kappa shape index (κ2) is 6.57. The zero-order valence-corrected chi connectivity index (χ0v) is 13.8. The summed E-state index contributed by atoms with van der Waals surface area (Å²) in [5, 5.41) is 2.60. The number of nitrogens with zero attached hydrogens (tertiary/aromatic N) is 4. The van der Waals surface area contributed by atoms with Crippen LogP contribution in [0.3, 0.4) is 0 Å². The van der Waals surface area contributed by atoms with Crippen LogP contribution in [-0.2, 0) is 14.8 Å². The maximum atomic E-state index is 12.0. The third kappa shape index (κ3) is 3.92. The summed E-state index contributed by atoms with van der Waals surface area (Å²) in [4.78, 5) is 22.3. The largest absolute Gasteiger partial charge is 0.359 e. The lowest BCUT2D eigenvalue weighted by molar-refractivity contribution is -0.124. The van der Waals surface area contributed by atoms with Crippen LogP contribution in [0.4, 0.5) is 5.82 Å². The van der Waals surface area contributed by atoms with Gasteiger partial charge in [-0.1, -0.05) is 0 Å². The number of aryl methyl sites for hydroxylation is 1. The van der Waals surface area contributed by atoms with E-state index in [-0.39, 0.29) is 12.5 Å². The van der Waals surface area contributed by atoms with Crippen molar-refractivity contribution in [3.8, 4) is 0 Å². The van der Waals surface area contributed by atoms with Crippen LogP contribution in [0.15, 0.2) is 12.4 Å². The fourth-order valence-electron chi connectivity index (χ4n) is 2.48. The molecule has 1 fully saturated rings. The Kier molecular flexibility index (Phi) is 4.97. The van der Waals surface area contributed by atoms with Crippen molar-refractivity contribution in [1.29, 1.82) is 0 Å². The van der Waals surface area contributed by atoms with Crippen molar-refractivity contribution in [3.63, 3.8) is 0 Å². The molecule has 0 bridgehead atoms. The molecule has 1 amide bonds. The van der Waals surface area contributed by atoms with Gasteiger partial charge in [-0.3, -0.25) is 4.79 Å². The Bertz CT molecular complexity index is 649. The first-order valence-electron chi connectivity index (χ1n) is 7.01. The Morgan fingerprint density at radius 1 is 1.32 bits per heavy atom. The maximum absolute atomic E-state index is 12.0. The first-order chi connectivity index (χ1) is 10.3. The molecular weight excluding hydrogens is 306 g/mol. The van der Waals surface area contributed by atoms with Gasteiger partial charge in [-0.15, -0.1) is 0 Å². The summed E-state index contributed by atoms with van der Waals surface area (Å²) in [7, 11) is -1.79. The molecule has 0 aromatic carbocycles. The summed E-state index contributed by atoms with van der Waals surface area (Å²) in [5.41, 5.74) is 0.825. The third-order valence-corrected chi connectivity index (χ3v) is 4.95. The van der Waals surface area contributed by atoms with E-state index in [1.165, 1.54) is 16.9 Å². The van der Waals surface area contributed by atoms with Gasteiger partial charge in [-0.05, 0) is 6.92 Å².